The zero-order valence-electron chi connectivity index (χ0n) is 15.8. The van der Waals surface area contributed by atoms with Gasteiger partial charge in [0.25, 0.3) is 5.91 Å². The van der Waals surface area contributed by atoms with Crippen LogP contribution in [-0.2, 0) is 0 Å². The van der Waals surface area contributed by atoms with Gasteiger partial charge in [0.2, 0.25) is 0 Å². The number of amides is 1. The molecule has 1 fully saturated rings. The van der Waals surface area contributed by atoms with Crippen molar-refractivity contribution in [1.29, 1.82) is 0 Å². The standard InChI is InChI=1S/C23H22FN3O/c1-16-6-2-3-10-20(16)23(28)27-13-5-8-18(15-27)21-11-12-25-22(26-21)17-7-4-9-19(24)14-17/h2-4,6-7,9-12,14,18H,5,8,13,15H2,1H3. The van der Waals surface area contributed by atoms with Gasteiger partial charge in [0.1, 0.15) is 5.82 Å². The molecule has 3 aromatic rings. The molecule has 4 nitrogen and oxygen atoms in total. The van der Waals surface area contributed by atoms with E-state index in [2.05, 4.69) is 9.97 Å². The Morgan fingerprint density at radius 1 is 1.14 bits per heavy atom. The van der Waals surface area contributed by atoms with Crippen LogP contribution in [0.5, 0.6) is 0 Å². The summed E-state index contributed by atoms with van der Waals surface area (Å²) >= 11 is 0. The summed E-state index contributed by atoms with van der Waals surface area (Å²) in [5, 5.41) is 0. The molecule has 1 saturated heterocycles. The lowest BCUT2D eigenvalue weighted by atomic mass is 9.93. The number of rotatable bonds is 3. The molecule has 0 bridgehead atoms. The largest absolute Gasteiger partial charge is 0.338 e. The molecule has 0 N–H and O–H groups in total. The summed E-state index contributed by atoms with van der Waals surface area (Å²) in [7, 11) is 0. The number of halogens is 1. The van der Waals surface area contributed by atoms with E-state index in [0.29, 0.717) is 17.9 Å². The number of piperidine rings is 1. The van der Waals surface area contributed by atoms with Crippen molar-refractivity contribution < 1.29 is 9.18 Å². The predicted molar refractivity (Wildman–Crippen MR) is 106 cm³/mol. The molecule has 1 atom stereocenters. The minimum Gasteiger partial charge on any atom is -0.338 e. The first-order valence-electron chi connectivity index (χ1n) is 9.55. The molecule has 1 aromatic heterocycles. The molecule has 28 heavy (non-hydrogen) atoms. The normalized spacial score (nSPS) is 16.8. The fraction of sp³-hybridized carbons (Fsp3) is 0.261. The number of carbonyl (C=O) groups is 1. The van der Waals surface area contributed by atoms with E-state index in [9.17, 15) is 9.18 Å². The van der Waals surface area contributed by atoms with E-state index in [1.165, 1.54) is 12.1 Å². The molecule has 0 radical (unpaired) electrons. The van der Waals surface area contributed by atoms with E-state index in [1.807, 2.05) is 42.2 Å². The Morgan fingerprint density at radius 3 is 2.82 bits per heavy atom. The van der Waals surface area contributed by atoms with Crippen molar-refractivity contribution in [2.24, 2.45) is 0 Å². The molecule has 1 amide bonds. The number of likely N-dealkylation sites (tertiary alicyclic amines) is 1. The molecule has 1 unspecified atom stereocenters. The van der Waals surface area contributed by atoms with Crippen LogP contribution in [0.2, 0.25) is 0 Å². The van der Waals surface area contributed by atoms with Crippen molar-refractivity contribution in [3.05, 3.63) is 83.4 Å². The molecule has 1 aliphatic rings. The third kappa shape index (κ3) is 3.79. The van der Waals surface area contributed by atoms with Gasteiger partial charge in [-0.25, -0.2) is 14.4 Å². The van der Waals surface area contributed by atoms with Gasteiger partial charge >= 0.3 is 0 Å². The lowest BCUT2D eigenvalue weighted by Gasteiger charge is -2.33. The summed E-state index contributed by atoms with van der Waals surface area (Å²) in [5.74, 6) is 0.428. The molecule has 2 aromatic carbocycles. The second-order valence-electron chi connectivity index (χ2n) is 7.22. The van der Waals surface area contributed by atoms with Gasteiger partial charge in [-0.2, -0.15) is 0 Å². The summed E-state index contributed by atoms with van der Waals surface area (Å²) < 4.78 is 13.5. The van der Waals surface area contributed by atoms with Crippen LogP contribution in [-0.4, -0.2) is 33.9 Å². The van der Waals surface area contributed by atoms with Gasteiger partial charge in [0.15, 0.2) is 5.82 Å². The van der Waals surface area contributed by atoms with Gasteiger partial charge < -0.3 is 4.90 Å². The predicted octanol–water partition coefficient (Wildman–Crippen LogP) is 4.61. The Hall–Kier alpha value is -3.08. The molecule has 5 heteroatoms. The zero-order valence-corrected chi connectivity index (χ0v) is 15.8. The van der Waals surface area contributed by atoms with E-state index in [0.717, 1.165) is 36.2 Å². The third-order valence-electron chi connectivity index (χ3n) is 5.26. The number of carbonyl (C=O) groups excluding carboxylic acids is 1. The zero-order chi connectivity index (χ0) is 19.5. The average Bonchev–Trinajstić information content (AvgIpc) is 2.74. The van der Waals surface area contributed by atoms with Gasteiger partial charge in [0, 0.05) is 42.0 Å². The SMILES string of the molecule is Cc1ccccc1C(=O)N1CCCC(c2ccnc(-c3cccc(F)c3)n2)C1. The molecule has 142 valence electrons. The fourth-order valence-electron chi connectivity index (χ4n) is 3.75. The molecule has 0 aliphatic carbocycles. The number of aromatic nitrogens is 2. The second-order valence-corrected chi connectivity index (χ2v) is 7.22. The number of hydrogen-bond donors (Lipinski definition) is 0. The minimum atomic E-state index is -0.306. The summed E-state index contributed by atoms with van der Waals surface area (Å²) in [6.07, 6.45) is 3.61. The number of benzene rings is 2. The third-order valence-corrected chi connectivity index (χ3v) is 5.26. The number of nitrogens with zero attached hydrogens (tertiary/aromatic N) is 3. The summed E-state index contributed by atoms with van der Waals surface area (Å²) in [5.41, 5.74) is 3.30. The first-order valence-corrected chi connectivity index (χ1v) is 9.55. The Balaban J connectivity index is 1.56. The molecule has 1 aliphatic heterocycles. The molecule has 2 heterocycles. The average molecular weight is 375 g/mol. The fourth-order valence-corrected chi connectivity index (χ4v) is 3.75. The van der Waals surface area contributed by atoms with Crippen molar-refractivity contribution in [3.63, 3.8) is 0 Å². The molecular formula is C23H22FN3O. The first-order chi connectivity index (χ1) is 13.6. The highest BCUT2D eigenvalue weighted by Gasteiger charge is 2.27. The van der Waals surface area contributed by atoms with Gasteiger partial charge in [-0.3, -0.25) is 4.79 Å². The maximum atomic E-state index is 13.5. The van der Waals surface area contributed by atoms with Crippen molar-refractivity contribution in [3.8, 4) is 11.4 Å². The highest BCUT2D eigenvalue weighted by molar-refractivity contribution is 5.95. The quantitative estimate of drug-likeness (QED) is 0.671. The van der Waals surface area contributed by atoms with Crippen molar-refractivity contribution in [1.82, 2.24) is 14.9 Å². The molecule has 0 saturated carbocycles. The summed E-state index contributed by atoms with van der Waals surface area (Å²) in [6, 6.07) is 15.9. The Kier molecular flexibility index (Phi) is 5.15. The van der Waals surface area contributed by atoms with Crippen LogP contribution in [0.15, 0.2) is 60.8 Å². The number of aryl methyl sites for hydroxylation is 1. The van der Waals surface area contributed by atoms with E-state index < -0.39 is 0 Å². The van der Waals surface area contributed by atoms with Crippen LogP contribution >= 0.6 is 0 Å². The van der Waals surface area contributed by atoms with Crippen LogP contribution in [0.4, 0.5) is 4.39 Å². The lowest BCUT2D eigenvalue weighted by Crippen LogP contribution is -2.39. The molecule has 0 spiro atoms. The highest BCUT2D eigenvalue weighted by Crippen LogP contribution is 2.28. The lowest BCUT2D eigenvalue weighted by molar-refractivity contribution is 0.0705. The summed E-state index contributed by atoms with van der Waals surface area (Å²) in [6.45, 7) is 3.35. The van der Waals surface area contributed by atoms with Crippen LogP contribution in [0.3, 0.4) is 0 Å². The van der Waals surface area contributed by atoms with Crippen LogP contribution in [0.25, 0.3) is 11.4 Å². The van der Waals surface area contributed by atoms with Crippen molar-refractivity contribution in [2.45, 2.75) is 25.7 Å². The van der Waals surface area contributed by atoms with Crippen molar-refractivity contribution >= 4 is 5.91 Å². The number of hydrogen-bond acceptors (Lipinski definition) is 3. The minimum absolute atomic E-state index is 0.0715. The van der Waals surface area contributed by atoms with Gasteiger partial charge in [0.05, 0.1) is 0 Å². The van der Waals surface area contributed by atoms with Crippen molar-refractivity contribution in [2.75, 3.05) is 13.1 Å². The van der Waals surface area contributed by atoms with E-state index >= 15 is 0 Å². The first kappa shape index (κ1) is 18.3. The van der Waals surface area contributed by atoms with E-state index in [4.69, 9.17) is 0 Å². The second kappa shape index (κ2) is 7.89. The topological polar surface area (TPSA) is 46.1 Å². The van der Waals surface area contributed by atoms with Gasteiger partial charge in [-0.15, -0.1) is 0 Å². The van der Waals surface area contributed by atoms with E-state index in [-0.39, 0.29) is 17.6 Å². The Labute approximate surface area is 164 Å². The van der Waals surface area contributed by atoms with Crippen LogP contribution < -0.4 is 0 Å². The maximum absolute atomic E-state index is 13.5. The Morgan fingerprint density at radius 2 is 2.00 bits per heavy atom. The van der Waals surface area contributed by atoms with Gasteiger partial charge in [-0.05, 0) is 49.6 Å². The monoisotopic (exact) mass is 375 g/mol. The van der Waals surface area contributed by atoms with Crippen LogP contribution in [0.1, 0.15) is 40.4 Å². The van der Waals surface area contributed by atoms with Gasteiger partial charge in [-0.1, -0.05) is 30.3 Å². The molecular weight excluding hydrogens is 353 g/mol. The summed E-state index contributed by atoms with van der Waals surface area (Å²) in [4.78, 5) is 23.9. The highest BCUT2D eigenvalue weighted by atomic mass is 19.1. The van der Waals surface area contributed by atoms with E-state index in [1.54, 1.807) is 18.3 Å². The molecule has 4 rings (SSSR count). The van der Waals surface area contributed by atoms with Crippen LogP contribution in [0, 0.1) is 12.7 Å². The Bertz CT molecular complexity index is 1000. The smallest absolute Gasteiger partial charge is 0.254 e. The maximum Gasteiger partial charge on any atom is 0.254 e.